The van der Waals surface area contributed by atoms with Crippen molar-refractivity contribution in [3.63, 3.8) is 0 Å². The van der Waals surface area contributed by atoms with Crippen molar-refractivity contribution in [2.45, 2.75) is 44.2 Å². The third-order valence-corrected chi connectivity index (χ3v) is 4.00. The maximum Gasteiger partial charge on any atom is 0.321 e. The molecule has 1 aromatic carbocycles. The highest BCUT2D eigenvalue weighted by Gasteiger charge is 2.23. The van der Waals surface area contributed by atoms with E-state index < -0.39 is 22.0 Å². The van der Waals surface area contributed by atoms with E-state index in [1.54, 1.807) is 6.92 Å². The Morgan fingerprint density at radius 3 is 2.25 bits per heavy atom. The lowest BCUT2D eigenvalue weighted by Crippen LogP contribution is -2.40. The molecule has 0 spiro atoms. The molecule has 2 N–H and O–H groups in total. The minimum absolute atomic E-state index is 0.00735. The number of sulfonamides is 1. The van der Waals surface area contributed by atoms with E-state index in [2.05, 4.69) is 4.72 Å². The predicted octanol–water partition coefficient (Wildman–Crippen LogP) is 1.62. The molecule has 0 aliphatic heterocycles. The molecule has 1 aromatic rings. The Morgan fingerprint density at radius 2 is 1.85 bits per heavy atom. The minimum Gasteiger partial charge on any atom is -0.491 e. The summed E-state index contributed by atoms with van der Waals surface area (Å²) in [5.41, 5.74) is 0. The summed E-state index contributed by atoms with van der Waals surface area (Å²) in [5, 5.41) is 8.88. The number of carbonyl (C=O) groups is 1. The van der Waals surface area contributed by atoms with Crippen LogP contribution in [-0.4, -0.2) is 31.6 Å². The van der Waals surface area contributed by atoms with Crippen molar-refractivity contribution < 1.29 is 23.1 Å². The molecule has 0 aliphatic rings. The van der Waals surface area contributed by atoms with Gasteiger partial charge in [0.25, 0.3) is 0 Å². The molecule has 0 heterocycles. The number of carboxylic acids is 1. The summed E-state index contributed by atoms with van der Waals surface area (Å²) in [4.78, 5) is 10.9. The summed E-state index contributed by atoms with van der Waals surface area (Å²) in [5.74, 6) is -0.639. The minimum atomic E-state index is -3.85. The van der Waals surface area contributed by atoms with Crippen molar-refractivity contribution in [1.29, 1.82) is 0 Å². The Bertz CT molecular complexity index is 551. The third kappa shape index (κ3) is 4.50. The standard InChI is InChI=1S/C13H19NO5S/c1-4-12(13(15)16)14-20(17,18)11-7-5-10(6-8-11)19-9(2)3/h5-9,12,14H,4H2,1-3H3,(H,15,16). The third-order valence-electron chi connectivity index (χ3n) is 2.51. The Kier molecular flexibility index (Phi) is 5.52. The van der Waals surface area contributed by atoms with Crippen LogP contribution in [0.15, 0.2) is 29.2 Å². The van der Waals surface area contributed by atoms with Crippen LogP contribution in [0.1, 0.15) is 27.2 Å². The number of ether oxygens (including phenoxy) is 1. The summed E-state index contributed by atoms with van der Waals surface area (Å²) in [6.45, 7) is 5.33. The maximum atomic E-state index is 12.0. The molecule has 112 valence electrons. The van der Waals surface area contributed by atoms with E-state index >= 15 is 0 Å². The first-order valence-electron chi connectivity index (χ1n) is 6.28. The lowest BCUT2D eigenvalue weighted by atomic mass is 10.2. The smallest absolute Gasteiger partial charge is 0.321 e. The van der Waals surface area contributed by atoms with E-state index in [-0.39, 0.29) is 17.4 Å². The topological polar surface area (TPSA) is 92.7 Å². The van der Waals surface area contributed by atoms with Crippen molar-refractivity contribution in [2.75, 3.05) is 0 Å². The van der Waals surface area contributed by atoms with Gasteiger partial charge in [0.2, 0.25) is 10.0 Å². The molecular weight excluding hydrogens is 282 g/mol. The normalized spacial score (nSPS) is 13.2. The maximum absolute atomic E-state index is 12.0. The van der Waals surface area contributed by atoms with Crippen LogP contribution < -0.4 is 9.46 Å². The number of hydrogen-bond donors (Lipinski definition) is 2. The molecule has 0 amide bonds. The first-order valence-corrected chi connectivity index (χ1v) is 7.76. The van der Waals surface area contributed by atoms with Gasteiger partial charge in [-0.25, -0.2) is 8.42 Å². The quantitative estimate of drug-likeness (QED) is 0.798. The van der Waals surface area contributed by atoms with Gasteiger partial charge in [-0.15, -0.1) is 0 Å². The summed E-state index contributed by atoms with van der Waals surface area (Å²) < 4.78 is 31.6. The zero-order chi connectivity index (χ0) is 15.3. The van der Waals surface area contributed by atoms with E-state index in [1.807, 2.05) is 13.8 Å². The highest BCUT2D eigenvalue weighted by atomic mass is 32.2. The second-order valence-electron chi connectivity index (χ2n) is 4.56. The Balaban J connectivity index is 2.90. The summed E-state index contributed by atoms with van der Waals surface area (Å²) in [6.07, 6.45) is 0.162. The lowest BCUT2D eigenvalue weighted by molar-refractivity contribution is -0.139. The number of rotatable bonds is 7. The van der Waals surface area contributed by atoms with E-state index in [0.717, 1.165) is 0 Å². The average molecular weight is 301 g/mol. The molecule has 0 fully saturated rings. The van der Waals surface area contributed by atoms with Crippen LogP contribution >= 0.6 is 0 Å². The molecule has 20 heavy (non-hydrogen) atoms. The van der Waals surface area contributed by atoms with Crippen LogP contribution in [0.4, 0.5) is 0 Å². The summed E-state index contributed by atoms with van der Waals surface area (Å²) >= 11 is 0. The molecule has 1 rings (SSSR count). The molecule has 0 radical (unpaired) electrons. The van der Waals surface area contributed by atoms with Gasteiger partial charge in [0.1, 0.15) is 11.8 Å². The van der Waals surface area contributed by atoms with Crippen molar-refractivity contribution in [3.05, 3.63) is 24.3 Å². The largest absolute Gasteiger partial charge is 0.491 e. The fourth-order valence-corrected chi connectivity index (χ4v) is 2.81. The SMILES string of the molecule is CCC(NS(=O)(=O)c1ccc(OC(C)C)cc1)C(=O)O. The molecule has 0 aromatic heterocycles. The molecule has 0 saturated heterocycles. The van der Waals surface area contributed by atoms with Crippen molar-refractivity contribution >= 4 is 16.0 Å². The van der Waals surface area contributed by atoms with Gasteiger partial charge in [-0.1, -0.05) is 6.92 Å². The highest BCUT2D eigenvalue weighted by Crippen LogP contribution is 2.17. The molecule has 1 unspecified atom stereocenters. The number of nitrogens with one attached hydrogen (secondary N) is 1. The molecule has 1 atom stereocenters. The van der Waals surface area contributed by atoms with Crippen LogP contribution in [0.5, 0.6) is 5.75 Å². The van der Waals surface area contributed by atoms with Gasteiger partial charge in [-0.3, -0.25) is 4.79 Å². The van der Waals surface area contributed by atoms with Gasteiger partial charge < -0.3 is 9.84 Å². The highest BCUT2D eigenvalue weighted by molar-refractivity contribution is 7.89. The van der Waals surface area contributed by atoms with Crippen LogP contribution in [-0.2, 0) is 14.8 Å². The first-order chi connectivity index (χ1) is 9.26. The van der Waals surface area contributed by atoms with Crippen molar-refractivity contribution in [1.82, 2.24) is 4.72 Å². The zero-order valence-electron chi connectivity index (χ0n) is 11.7. The van der Waals surface area contributed by atoms with Gasteiger partial charge in [0, 0.05) is 0 Å². The van der Waals surface area contributed by atoms with Gasteiger partial charge in [-0.2, -0.15) is 4.72 Å². The Hall–Kier alpha value is -1.60. The van der Waals surface area contributed by atoms with E-state index in [1.165, 1.54) is 24.3 Å². The number of carboxylic acid groups (broad SMARTS) is 1. The van der Waals surface area contributed by atoms with E-state index in [4.69, 9.17) is 9.84 Å². The lowest BCUT2D eigenvalue weighted by Gasteiger charge is -2.14. The summed E-state index contributed by atoms with van der Waals surface area (Å²) in [6, 6.07) is 4.71. The number of aliphatic carboxylic acids is 1. The number of benzene rings is 1. The van der Waals surface area contributed by atoms with E-state index in [9.17, 15) is 13.2 Å². The van der Waals surface area contributed by atoms with Gasteiger partial charge in [-0.05, 0) is 44.5 Å². The molecule has 0 aliphatic carbocycles. The Labute approximate surface area is 118 Å². The van der Waals surface area contributed by atoms with Crippen LogP contribution in [0.3, 0.4) is 0 Å². The predicted molar refractivity (Wildman–Crippen MR) is 74.2 cm³/mol. The fraction of sp³-hybridized carbons (Fsp3) is 0.462. The number of hydrogen-bond acceptors (Lipinski definition) is 4. The van der Waals surface area contributed by atoms with E-state index in [0.29, 0.717) is 5.75 Å². The molecule has 0 saturated carbocycles. The second-order valence-corrected chi connectivity index (χ2v) is 6.27. The van der Waals surface area contributed by atoms with Crippen LogP contribution in [0.2, 0.25) is 0 Å². The molecule has 6 nitrogen and oxygen atoms in total. The van der Waals surface area contributed by atoms with Gasteiger partial charge >= 0.3 is 5.97 Å². The molecule has 0 bridgehead atoms. The molecule has 7 heteroatoms. The first kappa shape index (κ1) is 16.5. The van der Waals surface area contributed by atoms with Crippen LogP contribution in [0, 0.1) is 0 Å². The van der Waals surface area contributed by atoms with Gasteiger partial charge in [0.05, 0.1) is 11.0 Å². The zero-order valence-corrected chi connectivity index (χ0v) is 12.5. The van der Waals surface area contributed by atoms with Crippen molar-refractivity contribution in [3.8, 4) is 5.75 Å². The fourth-order valence-electron chi connectivity index (χ4n) is 1.53. The van der Waals surface area contributed by atoms with Gasteiger partial charge in [0.15, 0.2) is 0 Å². The second kappa shape index (κ2) is 6.71. The van der Waals surface area contributed by atoms with Crippen LogP contribution in [0.25, 0.3) is 0 Å². The monoisotopic (exact) mass is 301 g/mol. The van der Waals surface area contributed by atoms with Crippen molar-refractivity contribution in [2.24, 2.45) is 0 Å². The molecular formula is C13H19NO5S. The Morgan fingerprint density at radius 1 is 1.30 bits per heavy atom. The summed E-state index contributed by atoms with van der Waals surface area (Å²) in [7, 11) is -3.85. The average Bonchev–Trinajstić information content (AvgIpc) is 2.35.